The Kier molecular flexibility index (Phi) is 5.98. The average molecular weight is 346 g/mol. The summed E-state index contributed by atoms with van der Waals surface area (Å²) in [5, 5.41) is 2.85. The van der Waals surface area contributed by atoms with E-state index in [1.54, 1.807) is 0 Å². The highest BCUT2D eigenvalue weighted by Crippen LogP contribution is 2.11. The molecule has 0 aliphatic rings. The lowest BCUT2D eigenvalue weighted by Crippen LogP contribution is -2.28. The van der Waals surface area contributed by atoms with Crippen molar-refractivity contribution in [1.29, 1.82) is 0 Å². The van der Waals surface area contributed by atoms with Gasteiger partial charge in [0, 0.05) is 37.6 Å². The van der Waals surface area contributed by atoms with E-state index in [0.29, 0.717) is 12.1 Å². The lowest BCUT2D eigenvalue weighted by molar-refractivity contribution is 0.0953. The highest BCUT2D eigenvalue weighted by atomic mass is 32.2. The number of rotatable bonds is 7. The first-order chi connectivity index (χ1) is 11.4. The Morgan fingerprint density at radius 1 is 1.04 bits per heavy atom. The second kappa shape index (κ2) is 7.97. The third kappa shape index (κ3) is 5.09. The number of amides is 1. The summed E-state index contributed by atoms with van der Waals surface area (Å²) in [7, 11) is -1.22. The standard InChI is InChI=1S/C18H22N2O3S/c1-20(16-7-4-3-5-8-16)14-6-13-19-18(21)15-9-11-17(12-10-15)24(2,22)23/h3-5,7-12H,6,13-14H2,1-2H3,(H,19,21). The largest absolute Gasteiger partial charge is 0.375 e. The van der Waals surface area contributed by atoms with Gasteiger partial charge in [-0.3, -0.25) is 4.79 Å². The maximum Gasteiger partial charge on any atom is 0.251 e. The average Bonchev–Trinajstić information content (AvgIpc) is 2.58. The molecule has 128 valence electrons. The third-order valence-electron chi connectivity index (χ3n) is 3.70. The molecule has 2 aromatic carbocycles. The molecular weight excluding hydrogens is 324 g/mol. The molecular formula is C18H22N2O3S. The molecule has 0 unspecified atom stereocenters. The van der Waals surface area contributed by atoms with E-state index < -0.39 is 9.84 Å². The second-order valence-electron chi connectivity index (χ2n) is 5.66. The number of carbonyl (C=O) groups excluding carboxylic acids is 1. The summed E-state index contributed by atoms with van der Waals surface area (Å²) in [5.74, 6) is -0.197. The van der Waals surface area contributed by atoms with Crippen LogP contribution in [0.2, 0.25) is 0 Å². The molecule has 0 spiro atoms. The summed E-state index contributed by atoms with van der Waals surface area (Å²) >= 11 is 0. The maximum absolute atomic E-state index is 12.0. The quantitative estimate of drug-likeness (QED) is 0.782. The van der Waals surface area contributed by atoms with Crippen molar-refractivity contribution in [2.75, 3.05) is 31.3 Å². The Bertz CT molecular complexity index is 772. The molecule has 24 heavy (non-hydrogen) atoms. The van der Waals surface area contributed by atoms with Gasteiger partial charge in [0.15, 0.2) is 9.84 Å². The molecule has 1 amide bonds. The van der Waals surface area contributed by atoms with E-state index in [-0.39, 0.29) is 10.8 Å². The van der Waals surface area contributed by atoms with Crippen molar-refractivity contribution in [2.24, 2.45) is 0 Å². The number of para-hydroxylation sites is 1. The highest BCUT2D eigenvalue weighted by Gasteiger charge is 2.09. The van der Waals surface area contributed by atoms with Crippen LogP contribution in [0.5, 0.6) is 0 Å². The minimum atomic E-state index is -3.24. The van der Waals surface area contributed by atoms with Gasteiger partial charge in [-0.05, 0) is 42.8 Å². The van der Waals surface area contributed by atoms with Crippen molar-refractivity contribution >= 4 is 21.4 Å². The number of hydrogen-bond donors (Lipinski definition) is 1. The van der Waals surface area contributed by atoms with Gasteiger partial charge in [0.05, 0.1) is 4.90 Å². The molecule has 0 aliphatic heterocycles. The summed E-state index contributed by atoms with van der Waals surface area (Å²) in [6.45, 7) is 1.39. The fourth-order valence-corrected chi connectivity index (χ4v) is 2.92. The number of sulfone groups is 1. The van der Waals surface area contributed by atoms with Crippen molar-refractivity contribution in [2.45, 2.75) is 11.3 Å². The Morgan fingerprint density at radius 3 is 2.25 bits per heavy atom. The van der Waals surface area contributed by atoms with Gasteiger partial charge in [-0.1, -0.05) is 18.2 Å². The Hall–Kier alpha value is -2.34. The smallest absolute Gasteiger partial charge is 0.251 e. The van der Waals surface area contributed by atoms with Gasteiger partial charge < -0.3 is 10.2 Å². The number of anilines is 1. The Balaban J connectivity index is 1.79. The summed E-state index contributed by atoms with van der Waals surface area (Å²) in [5.41, 5.74) is 1.60. The molecule has 0 saturated heterocycles. The van der Waals surface area contributed by atoms with E-state index in [1.165, 1.54) is 24.3 Å². The number of hydrogen-bond acceptors (Lipinski definition) is 4. The fraction of sp³-hybridized carbons (Fsp3) is 0.278. The molecule has 1 N–H and O–H groups in total. The van der Waals surface area contributed by atoms with Gasteiger partial charge in [-0.2, -0.15) is 0 Å². The molecule has 0 bridgehead atoms. The third-order valence-corrected chi connectivity index (χ3v) is 4.83. The normalized spacial score (nSPS) is 11.1. The summed E-state index contributed by atoms with van der Waals surface area (Å²) in [6, 6.07) is 16.0. The van der Waals surface area contributed by atoms with Crippen LogP contribution in [0.4, 0.5) is 5.69 Å². The van der Waals surface area contributed by atoms with Crippen molar-refractivity contribution < 1.29 is 13.2 Å². The molecule has 2 rings (SSSR count). The number of nitrogens with one attached hydrogen (secondary N) is 1. The molecule has 0 heterocycles. The van der Waals surface area contributed by atoms with Crippen LogP contribution in [0.1, 0.15) is 16.8 Å². The predicted molar refractivity (Wildman–Crippen MR) is 96.2 cm³/mol. The van der Waals surface area contributed by atoms with E-state index in [0.717, 1.165) is 24.9 Å². The number of nitrogens with zero attached hydrogens (tertiary/aromatic N) is 1. The maximum atomic E-state index is 12.0. The van der Waals surface area contributed by atoms with Crippen molar-refractivity contribution in [1.82, 2.24) is 5.32 Å². The first-order valence-electron chi connectivity index (χ1n) is 7.72. The highest BCUT2D eigenvalue weighted by molar-refractivity contribution is 7.90. The lowest BCUT2D eigenvalue weighted by atomic mass is 10.2. The second-order valence-corrected chi connectivity index (χ2v) is 7.68. The van der Waals surface area contributed by atoms with Crippen LogP contribution in [0.3, 0.4) is 0 Å². The summed E-state index contributed by atoms with van der Waals surface area (Å²) in [4.78, 5) is 14.4. The first kappa shape index (κ1) is 18.0. The molecule has 0 atom stereocenters. The van der Waals surface area contributed by atoms with Gasteiger partial charge in [-0.15, -0.1) is 0 Å². The van der Waals surface area contributed by atoms with E-state index >= 15 is 0 Å². The number of carbonyl (C=O) groups is 1. The van der Waals surface area contributed by atoms with Gasteiger partial charge >= 0.3 is 0 Å². The molecule has 0 radical (unpaired) electrons. The Labute approximate surface area is 143 Å². The lowest BCUT2D eigenvalue weighted by Gasteiger charge is -2.19. The molecule has 0 aliphatic carbocycles. The minimum absolute atomic E-state index is 0.197. The van der Waals surface area contributed by atoms with Crippen LogP contribution in [0, 0.1) is 0 Å². The van der Waals surface area contributed by atoms with Crippen LogP contribution in [-0.2, 0) is 9.84 Å². The van der Waals surface area contributed by atoms with Crippen LogP contribution in [0.25, 0.3) is 0 Å². The van der Waals surface area contributed by atoms with Crippen molar-refractivity contribution in [3.05, 3.63) is 60.2 Å². The van der Waals surface area contributed by atoms with E-state index in [2.05, 4.69) is 10.2 Å². The van der Waals surface area contributed by atoms with Gasteiger partial charge in [0.25, 0.3) is 5.91 Å². The van der Waals surface area contributed by atoms with Gasteiger partial charge in [0.2, 0.25) is 0 Å². The topological polar surface area (TPSA) is 66.5 Å². The zero-order chi connectivity index (χ0) is 17.6. The molecule has 2 aromatic rings. The van der Waals surface area contributed by atoms with Crippen LogP contribution in [-0.4, -0.2) is 40.7 Å². The molecule has 5 nitrogen and oxygen atoms in total. The zero-order valence-corrected chi connectivity index (χ0v) is 14.7. The molecule has 0 fully saturated rings. The SMILES string of the molecule is CN(CCCNC(=O)c1ccc(S(C)(=O)=O)cc1)c1ccccc1. The van der Waals surface area contributed by atoms with Crippen LogP contribution >= 0.6 is 0 Å². The molecule has 6 heteroatoms. The monoisotopic (exact) mass is 346 g/mol. The van der Waals surface area contributed by atoms with Crippen molar-refractivity contribution in [3.8, 4) is 0 Å². The molecule has 0 aromatic heterocycles. The Morgan fingerprint density at radius 2 is 1.67 bits per heavy atom. The van der Waals surface area contributed by atoms with E-state index in [4.69, 9.17) is 0 Å². The van der Waals surface area contributed by atoms with Gasteiger partial charge in [0.1, 0.15) is 0 Å². The van der Waals surface area contributed by atoms with Gasteiger partial charge in [-0.25, -0.2) is 8.42 Å². The van der Waals surface area contributed by atoms with E-state index in [1.807, 2.05) is 37.4 Å². The van der Waals surface area contributed by atoms with Crippen molar-refractivity contribution in [3.63, 3.8) is 0 Å². The fourth-order valence-electron chi connectivity index (χ4n) is 2.29. The summed E-state index contributed by atoms with van der Waals surface area (Å²) in [6.07, 6.45) is 1.96. The minimum Gasteiger partial charge on any atom is -0.375 e. The predicted octanol–water partition coefficient (Wildman–Crippen LogP) is 2.35. The van der Waals surface area contributed by atoms with Crippen LogP contribution < -0.4 is 10.2 Å². The number of benzene rings is 2. The molecule has 0 saturated carbocycles. The van der Waals surface area contributed by atoms with E-state index in [9.17, 15) is 13.2 Å². The first-order valence-corrected chi connectivity index (χ1v) is 9.61. The summed E-state index contributed by atoms with van der Waals surface area (Å²) < 4.78 is 22.8. The zero-order valence-electron chi connectivity index (χ0n) is 13.9. The van der Waals surface area contributed by atoms with Crippen LogP contribution in [0.15, 0.2) is 59.5 Å².